The molecule has 121 valence electrons. The van der Waals surface area contributed by atoms with Crippen molar-refractivity contribution in [1.82, 2.24) is 0 Å². The van der Waals surface area contributed by atoms with Gasteiger partial charge in [0.15, 0.2) is 0 Å². The number of hydrogen-bond donors (Lipinski definition) is 2. The van der Waals surface area contributed by atoms with Crippen molar-refractivity contribution in [3.63, 3.8) is 0 Å². The molecule has 0 atom stereocenters. The Bertz CT molecular complexity index is 537. The van der Waals surface area contributed by atoms with Crippen molar-refractivity contribution >= 4 is 7.69 Å². The lowest BCUT2D eigenvalue weighted by Crippen LogP contribution is -2.11. The summed E-state index contributed by atoms with van der Waals surface area (Å²) in [5.74, 6) is 1.41. The molecule has 0 fully saturated rings. The van der Waals surface area contributed by atoms with Crippen molar-refractivity contribution in [2.24, 2.45) is 0 Å². The fourth-order valence-electron chi connectivity index (χ4n) is 2.25. The molecule has 0 aliphatic heterocycles. The highest BCUT2D eigenvalue weighted by Crippen LogP contribution is 2.17. The molecule has 2 N–H and O–H groups in total. The zero-order chi connectivity index (χ0) is 16.3. The third-order valence-electron chi connectivity index (χ3n) is 3.41. The second-order valence-corrected chi connectivity index (χ2v) is 5.28. The van der Waals surface area contributed by atoms with Crippen LogP contribution in [0.3, 0.4) is 0 Å². The van der Waals surface area contributed by atoms with Gasteiger partial charge in [-0.25, -0.2) is 0 Å². The fourth-order valence-corrected chi connectivity index (χ4v) is 2.25. The summed E-state index contributed by atoms with van der Waals surface area (Å²) in [6.45, 7) is 0.375. The summed E-state index contributed by atoms with van der Waals surface area (Å²) in [6, 6.07) is 15.5. The second-order valence-electron chi connectivity index (χ2n) is 5.28. The van der Waals surface area contributed by atoms with Gasteiger partial charge in [-0.1, -0.05) is 24.3 Å². The fraction of sp³-hybridized carbons (Fsp3) is 0.333. The van der Waals surface area contributed by atoms with Gasteiger partial charge in [0, 0.05) is 13.2 Å². The number of aryl methyl sites for hydroxylation is 2. The van der Waals surface area contributed by atoms with Crippen molar-refractivity contribution in [1.29, 1.82) is 0 Å². The molecule has 2 rings (SSSR count). The Morgan fingerprint density at radius 3 is 1.65 bits per heavy atom. The van der Waals surface area contributed by atoms with Gasteiger partial charge in [-0.15, -0.1) is 0 Å². The Morgan fingerprint density at radius 2 is 1.22 bits per heavy atom. The number of aliphatic hydroxyl groups is 2. The van der Waals surface area contributed by atoms with Gasteiger partial charge >= 0.3 is 7.69 Å². The molecular formula is C18H22BO4. The average molecular weight is 313 g/mol. The summed E-state index contributed by atoms with van der Waals surface area (Å²) in [6.07, 6.45) is 3.12. The zero-order valence-corrected chi connectivity index (χ0v) is 13.1. The van der Waals surface area contributed by atoms with E-state index < -0.39 is 0 Å². The normalized spacial score (nSPS) is 10.3. The lowest BCUT2D eigenvalue weighted by atomic mass is 10.1. The summed E-state index contributed by atoms with van der Waals surface area (Å²) >= 11 is 0. The Labute approximate surface area is 138 Å². The number of aliphatic hydroxyl groups excluding tert-OH is 2. The van der Waals surface area contributed by atoms with Gasteiger partial charge in [-0.05, 0) is 61.1 Å². The molecule has 0 bridgehead atoms. The van der Waals surface area contributed by atoms with Gasteiger partial charge in [0.05, 0.1) is 0 Å². The van der Waals surface area contributed by atoms with Crippen molar-refractivity contribution in [2.75, 3.05) is 13.2 Å². The summed E-state index contributed by atoms with van der Waals surface area (Å²) in [5, 5.41) is 17.7. The highest BCUT2D eigenvalue weighted by molar-refractivity contribution is 6.20. The second kappa shape index (κ2) is 9.92. The van der Waals surface area contributed by atoms with E-state index in [9.17, 15) is 0 Å². The van der Waals surface area contributed by atoms with Gasteiger partial charge in [-0.2, -0.15) is 0 Å². The van der Waals surface area contributed by atoms with Gasteiger partial charge in [0.1, 0.15) is 11.5 Å². The van der Waals surface area contributed by atoms with E-state index in [1.807, 2.05) is 48.5 Å². The SMILES string of the molecule is OCCCc1cccc(O[B]Oc2cccc(CCCO)c2)c1. The van der Waals surface area contributed by atoms with Crippen LogP contribution in [0.15, 0.2) is 48.5 Å². The van der Waals surface area contributed by atoms with E-state index >= 15 is 0 Å². The third-order valence-corrected chi connectivity index (χ3v) is 3.41. The van der Waals surface area contributed by atoms with Crippen molar-refractivity contribution in [3.05, 3.63) is 59.7 Å². The first-order chi connectivity index (χ1) is 11.3. The average Bonchev–Trinajstić information content (AvgIpc) is 2.59. The maximum absolute atomic E-state index is 8.87. The first-order valence-corrected chi connectivity index (χ1v) is 7.86. The van der Waals surface area contributed by atoms with Gasteiger partial charge in [0.25, 0.3) is 0 Å². The minimum atomic E-state index is 0.187. The standard InChI is InChI=1S/C18H22BO4/c20-11-3-7-15-5-1-9-17(13-15)22-19-23-18-10-2-6-16(14-18)8-4-12-21/h1-2,5-6,9-10,13-14,20-21H,3-4,7-8,11-12H2. The molecule has 0 heterocycles. The van der Waals surface area contributed by atoms with Crippen LogP contribution in [-0.4, -0.2) is 31.1 Å². The molecule has 2 aromatic carbocycles. The summed E-state index contributed by atoms with van der Waals surface area (Å²) in [7, 11) is 1.32. The van der Waals surface area contributed by atoms with Crippen LogP contribution in [-0.2, 0) is 12.8 Å². The maximum Gasteiger partial charge on any atom is 0.658 e. The number of rotatable bonds is 10. The number of benzene rings is 2. The highest BCUT2D eigenvalue weighted by Gasteiger charge is 2.04. The topological polar surface area (TPSA) is 58.9 Å². The highest BCUT2D eigenvalue weighted by atomic mass is 16.6. The predicted molar refractivity (Wildman–Crippen MR) is 90.7 cm³/mol. The molecule has 0 spiro atoms. The van der Waals surface area contributed by atoms with E-state index in [-0.39, 0.29) is 13.2 Å². The first-order valence-electron chi connectivity index (χ1n) is 7.86. The third kappa shape index (κ3) is 6.34. The Kier molecular flexibility index (Phi) is 7.50. The molecule has 0 saturated heterocycles. The molecule has 23 heavy (non-hydrogen) atoms. The van der Waals surface area contributed by atoms with Crippen LogP contribution in [0, 0.1) is 0 Å². The van der Waals surface area contributed by atoms with Crippen molar-refractivity contribution in [2.45, 2.75) is 25.7 Å². The Balaban J connectivity index is 1.82. The Hall–Kier alpha value is -1.98. The molecule has 0 saturated carbocycles. The van der Waals surface area contributed by atoms with Gasteiger partial charge in [-0.3, -0.25) is 0 Å². The molecule has 2 aromatic rings. The quantitative estimate of drug-likeness (QED) is 0.662. The van der Waals surface area contributed by atoms with E-state index in [1.165, 1.54) is 7.69 Å². The van der Waals surface area contributed by atoms with Crippen LogP contribution in [0.4, 0.5) is 0 Å². The van der Waals surface area contributed by atoms with Gasteiger partial charge < -0.3 is 19.5 Å². The molecule has 4 nitrogen and oxygen atoms in total. The summed E-state index contributed by atoms with van der Waals surface area (Å²) < 4.78 is 11.0. The van der Waals surface area contributed by atoms with E-state index in [0.29, 0.717) is 11.5 Å². The number of hydrogen-bond acceptors (Lipinski definition) is 4. The zero-order valence-electron chi connectivity index (χ0n) is 13.1. The molecule has 1 radical (unpaired) electrons. The first kappa shape index (κ1) is 17.4. The summed E-state index contributed by atoms with van der Waals surface area (Å²) in [5.41, 5.74) is 2.24. The molecule has 0 aliphatic carbocycles. The lowest BCUT2D eigenvalue weighted by Gasteiger charge is -2.09. The summed E-state index contributed by atoms with van der Waals surface area (Å²) in [4.78, 5) is 0. The van der Waals surface area contributed by atoms with E-state index in [1.54, 1.807) is 0 Å². The van der Waals surface area contributed by atoms with Crippen LogP contribution in [0.5, 0.6) is 11.5 Å². The molecule has 0 aliphatic rings. The van der Waals surface area contributed by atoms with Crippen LogP contribution in [0.2, 0.25) is 0 Å². The molecular weight excluding hydrogens is 291 g/mol. The molecule has 0 amide bonds. The van der Waals surface area contributed by atoms with E-state index in [4.69, 9.17) is 19.5 Å². The van der Waals surface area contributed by atoms with Crippen molar-refractivity contribution in [3.8, 4) is 11.5 Å². The van der Waals surface area contributed by atoms with E-state index in [2.05, 4.69) is 0 Å². The van der Waals surface area contributed by atoms with Crippen molar-refractivity contribution < 1.29 is 19.5 Å². The van der Waals surface area contributed by atoms with Crippen LogP contribution in [0.25, 0.3) is 0 Å². The Morgan fingerprint density at radius 1 is 0.739 bits per heavy atom. The molecule has 0 unspecified atom stereocenters. The van der Waals surface area contributed by atoms with Crippen LogP contribution in [0.1, 0.15) is 24.0 Å². The van der Waals surface area contributed by atoms with E-state index in [0.717, 1.165) is 36.8 Å². The monoisotopic (exact) mass is 313 g/mol. The molecule has 0 aromatic heterocycles. The van der Waals surface area contributed by atoms with Crippen LogP contribution >= 0.6 is 0 Å². The smallest absolute Gasteiger partial charge is 0.526 e. The lowest BCUT2D eigenvalue weighted by molar-refractivity contribution is 0.288. The predicted octanol–water partition coefficient (Wildman–Crippen LogP) is 2.53. The minimum Gasteiger partial charge on any atom is -0.526 e. The van der Waals surface area contributed by atoms with Crippen LogP contribution < -0.4 is 9.31 Å². The molecule has 5 heteroatoms. The minimum absolute atomic E-state index is 0.187. The van der Waals surface area contributed by atoms with Gasteiger partial charge in [0.2, 0.25) is 0 Å². The largest absolute Gasteiger partial charge is 0.658 e. The maximum atomic E-state index is 8.87.